The molecule has 5 heteroatoms. The summed E-state index contributed by atoms with van der Waals surface area (Å²) in [6.45, 7) is 3.27. The van der Waals surface area contributed by atoms with E-state index in [-0.39, 0.29) is 5.91 Å². The predicted octanol–water partition coefficient (Wildman–Crippen LogP) is 2.45. The highest BCUT2D eigenvalue weighted by atomic mass is 79.9. The van der Waals surface area contributed by atoms with Crippen LogP contribution in [-0.4, -0.2) is 33.1 Å². The zero-order valence-corrected chi connectivity index (χ0v) is 12.7. The maximum atomic E-state index is 11.8. The molecule has 0 unspecified atom stereocenters. The third-order valence-corrected chi connectivity index (χ3v) is 2.92. The summed E-state index contributed by atoms with van der Waals surface area (Å²) in [4.78, 5) is 13.7. The molecule has 1 aromatic rings. The summed E-state index contributed by atoms with van der Waals surface area (Å²) in [6.07, 6.45) is 1.02. The minimum Gasteiger partial charge on any atom is -0.376 e. The van der Waals surface area contributed by atoms with Crippen molar-refractivity contribution in [3.63, 3.8) is 0 Å². The Morgan fingerprint density at radius 3 is 2.72 bits per heavy atom. The molecule has 0 saturated carbocycles. The number of anilines is 2. The highest BCUT2D eigenvalue weighted by Gasteiger charge is 2.08. The summed E-state index contributed by atoms with van der Waals surface area (Å²) in [7, 11) is 3.91. The first-order valence-corrected chi connectivity index (χ1v) is 6.81. The number of carbonyl (C=O) groups excluding carboxylic acids is 1. The Kier molecular flexibility index (Phi) is 6.15. The number of benzene rings is 1. The molecule has 0 aliphatic rings. The fourth-order valence-corrected chi connectivity index (χ4v) is 1.93. The Balaban J connectivity index is 2.70. The first-order valence-electron chi connectivity index (χ1n) is 6.02. The summed E-state index contributed by atoms with van der Waals surface area (Å²) >= 11 is 3.41. The van der Waals surface area contributed by atoms with Crippen molar-refractivity contribution in [2.24, 2.45) is 0 Å². The van der Waals surface area contributed by atoms with Crippen LogP contribution in [0.2, 0.25) is 0 Å². The molecule has 0 radical (unpaired) electrons. The van der Waals surface area contributed by atoms with Crippen LogP contribution in [0.3, 0.4) is 0 Å². The van der Waals surface area contributed by atoms with Crippen molar-refractivity contribution in [1.82, 2.24) is 5.32 Å². The molecule has 4 nitrogen and oxygen atoms in total. The fraction of sp³-hybridized carbons (Fsp3) is 0.462. The topological polar surface area (TPSA) is 44.4 Å². The maximum absolute atomic E-state index is 11.8. The van der Waals surface area contributed by atoms with E-state index in [2.05, 4.69) is 33.5 Å². The number of carbonyl (C=O) groups is 1. The van der Waals surface area contributed by atoms with Crippen molar-refractivity contribution in [3.8, 4) is 0 Å². The van der Waals surface area contributed by atoms with Crippen molar-refractivity contribution in [2.45, 2.75) is 13.3 Å². The Labute approximate surface area is 117 Å². The molecule has 0 aromatic heterocycles. The van der Waals surface area contributed by atoms with Gasteiger partial charge < -0.3 is 15.5 Å². The van der Waals surface area contributed by atoms with Crippen LogP contribution in [0, 0.1) is 0 Å². The smallest absolute Gasteiger partial charge is 0.238 e. The molecule has 18 heavy (non-hydrogen) atoms. The van der Waals surface area contributed by atoms with Gasteiger partial charge in [0.2, 0.25) is 5.91 Å². The standard InChI is InChI=1S/C13H20BrN3O/c1-4-7-15-9-13(18)16-11-8-10(14)5-6-12(11)17(2)3/h5-6,8,15H,4,7,9H2,1-3H3,(H,16,18). The molecular formula is C13H20BrN3O. The molecule has 0 aliphatic heterocycles. The van der Waals surface area contributed by atoms with Crippen LogP contribution in [-0.2, 0) is 4.79 Å². The van der Waals surface area contributed by atoms with E-state index in [9.17, 15) is 4.79 Å². The molecule has 1 aromatic carbocycles. The molecule has 0 bridgehead atoms. The van der Waals surface area contributed by atoms with E-state index in [0.717, 1.165) is 28.8 Å². The SMILES string of the molecule is CCCNCC(=O)Nc1cc(Br)ccc1N(C)C. The number of nitrogens with one attached hydrogen (secondary N) is 2. The number of amides is 1. The number of hydrogen-bond donors (Lipinski definition) is 2. The van der Waals surface area contributed by atoms with E-state index >= 15 is 0 Å². The zero-order chi connectivity index (χ0) is 13.5. The van der Waals surface area contributed by atoms with Crippen molar-refractivity contribution in [2.75, 3.05) is 37.4 Å². The lowest BCUT2D eigenvalue weighted by atomic mass is 10.2. The van der Waals surface area contributed by atoms with Gasteiger partial charge in [0.25, 0.3) is 0 Å². The van der Waals surface area contributed by atoms with Gasteiger partial charge in [0.15, 0.2) is 0 Å². The number of hydrogen-bond acceptors (Lipinski definition) is 3. The van der Waals surface area contributed by atoms with Gasteiger partial charge in [0, 0.05) is 18.6 Å². The Hall–Kier alpha value is -1.07. The van der Waals surface area contributed by atoms with E-state index in [1.807, 2.05) is 37.2 Å². The quantitative estimate of drug-likeness (QED) is 0.793. The summed E-state index contributed by atoms with van der Waals surface area (Å²) in [6, 6.07) is 5.84. The number of halogens is 1. The summed E-state index contributed by atoms with van der Waals surface area (Å²) in [5.41, 5.74) is 1.81. The molecule has 1 amide bonds. The third-order valence-electron chi connectivity index (χ3n) is 2.43. The molecule has 100 valence electrons. The van der Waals surface area contributed by atoms with Crippen LogP contribution in [0.25, 0.3) is 0 Å². The fourth-order valence-electron chi connectivity index (χ4n) is 1.57. The van der Waals surface area contributed by atoms with Gasteiger partial charge in [-0.25, -0.2) is 0 Å². The first kappa shape index (κ1) is 15.0. The van der Waals surface area contributed by atoms with Crippen LogP contribution in [0.1, 0.15) is 13.3 Å². The average Bonchev–Trinajstić information content (AvgIpc) is 2.29. The van der Waals surface area contributed by atoms with Gasteiger partial charge in [-0.1, -0.05) is 22.9 Å². The monoisotopic (exact) mass is 313 g/mol. The van der Waals surface area contributed by atoms with E-state index in [4.69, 9.17) is 0 Å². The highest BCUT2D eigenvalue weighted by Crippen LogP contribution is 2.27. The second kappa shape index (κ2) is 7.38. The largest absolute Gasteiger partial charge is 0.376 e. The maximum Gasteiger partial charge on any atom is 0.238 e. The predicted molar refractivity (Wildman–Crippen MR) is 80.3 cm³/mol. The van der Waals surface area contributed by atoms with Gasteiger partial charge in [0.1, 0.15) is 0 Å². The lowest BCUT2D eigenvalue weighted by Gasteiger charge is -2.18. The summed E-state index contributed by atoms with van der Waals surface area (Å²) < 4.78 is 0.949. The Morgan fingerprint density at radius 1 is 1.39 bits per heavy atom. The van der Waals surface area contributed by atoms with E-state index in [1.165, 1.54) is 0 Å². The van der Waals surface area contributed by atoms with E-state index in [1.54, 1.807) is 0 Å². The minimum atomic E-state index is -0.0235. The highest BCUT2D eigenvalue weighted by molar-refractivity contribution is 9.10. The Morgan fingerprint density at radius 2 is 2.11 bits per heavy atom. The molecule has 0 atom stereocenters. The van der Waals surface area contributed by atoms with Crippen molar-refractivity contribution in [3.05, 3.63) is 22.7 Å². The minimum absolute atomic E-state index is 0.0235. The molecule has 1 rings (SSSR count). The number of nitrogens with zero attached hydrogens (tertiary/aromatic N) is 1. The molecule has 0 aliphatic carbocycles. The van der Waals surface area contributed by atoms with E-state index < -0.39 is 0 Å². The summed E-state index contributed by atoms with van der Waals surface area (Å²) in [5.74, 6) is -0.0235. The molecule has 0 saturated heterocycles. The van der Waals surface area contributed by atoms with Crippen LogP contribution >= 0.6 is 15.9 Å². The van der Waals surface area contributed by atoms with Gasteiger partial charge in [-0.05, 0) is 31.2 Å². The normalized spacial score (nSPS) is 10.2. The molecular weight excluding hydrogens is 294 g/mol. The van der Waals surface area contributed by atoms with Gasteiger partial charge >= 0.3 is 0 Å². The second-order valence-corrected chi connectivity index (χ2v) is 5.20. The van der Waals surface area contributed by atoms with Crippen LogP contribution in [0.4, 0.5) is 11.4 Å². The van der Waals surface area contributed by atoms with E-state index in [0.29, 0.717) is 6.54 Å². The number of rotatable bonds is 6. The van der Waals surface area contributed by atoms with Gasteiger partial charge in [-0.2, -0.15) is 0 Å². The third kappa shape index (κ3) is 4.66. The second-order valence-electron chi connectivity index (χ2n) is 4.28. The zero-order valence-electron chi connectivity index (χ0n) is 11.1. The van der Waals surface area contributed by atoms with Gasteiger partial charge in [0.05, 0.1) is 17.9 Å². The van der Waals surface area contributed by atoms with Crippen LogP contribution < -0.4 is 15.5 Å². The van der Waals surface area contributed by atoms with Gasteiger partial charge in [-0.15, -0.1) is 0 Å². The van der Waals surface area contributed by atoms with Crippen LogP contribution in [0.15, 0.2) is 22.7 Å². The van der Waals surface area contributed by atoms with Crippen LogP contribution in [0.5, 0.6) is 0 Å². The van der Waals surface area contributed by atoms with Crippen molar-refractivity contribution >= 4 is 33.2 Å². The first-order chi connectivity index (χ1) is 8.54. The van der Waals surface area contributed by atoms with Crippen molar-refractivity contribution in [1.29, 1.82) is 0 Å². The Bertz CT molecular complexity index is 407. The van der Waals surface area contributed by atoms with Crippen molar-refractivity contribution < 1.29 is 4.79 Å². The summed E-state index contributed by atoms with van der Waals surface area (Å²) in [5, 5.41) is 6.00. The molecule has 0 spiro atoms. The van der Waals surface area contributed by atoms with Gasteiger partial charge in [-0.3, -0.25) is 4.79 Å². The average molecular weight is 314 g/mol. The molecule has 2 N–H and O–H groups in total. The lowest BCUT2D eigenvalue weighted by molar-refractivity contribution is -0.115. The lowest BCUT2D eigenvalue weighted by Crippen LogP contribution is -2.29. The molecule has 0 heterocycles. The molecule has 0 fully saturated rings.